The highest BCUT2D eigenvalue weighted by Crippen LogP contribution is 2.39. The zero-order valence-electron chi connectivity index (χ0n) is 10.7. The lowest BCUT2D eigenvalue weighted by atomic mass is 10.0. The summed E-state index contributed by atoms with van der Waals surface area (Å²) in [6.45, 7) is 0. The highest BCUT2D eigenvalue weighted by atomic mass is 79.9. The Labute approximate surface area is 134 Å². The first-order valence-electron chi connectivity index (χ1n) is 6.12. The molecule has 3 nitrogen and oxygen atoms in total. The fourth-order valence-electron chi connectivity index (χ4n) is 2.43. The molecule has 1 aromatic heterocycles. The molecular weight excluding hydrogens is 360 g/mol. The second-order valence-electron chi connectivity index (χ2n) is 4.61. The second-order valence-corrected chi connectivity index (χ2v) is 6.82. The summed E-state index contributed by atoms with van der Waals surface area (Å²) < 4.78 is 1.06. The predicted octanol–water partition coefficient (Wildman–Crippen LogP) is 3.97. The molecule has 0 fully saturated rings. The number of thiophene rings is 1. The van der Waals surface area contributed by atoms with E-state index in [1.54, 1.807) is 11.3 Å². The number of anilines is 1. The van der Waals surface area contributed by atoms with Crippen molar-refractivity contribution in [1.29, 1.82) is 0 Å². The van der Waals surface area contributed by atoms with Gasteiger partial charge in [0.15, 0.2) is 0 Å². The molecule has 1 aliphatic heterocycles. The average molecular weight is 372 g/mol. The van der Waals surface area contributed by atoms with Gasteiger partial charge in [0.05, 0.1) is 12.5 Å². The summed E-state index contributed by atoms with van der Waals surface area (Å²) in [7, 11) is 1.91. The Morgan fingerprint density at radius 1 is 1.50 bits per heavy atom. The Balaban J connectivity index is 2.07. The van der Waals surface area contributed by atoms with Gasteiger partial charge in [-0.1, -0.05) is 11.6 Å². The van der Waals surface area contributed by atoms with E-state index < -0.39 is 0 Å². The first-order valence-corrected chi connectivity index (χ1v) is 8.17. The molecule has 2 aromatic rings. The lowest BCUT2D eigenvalue weighted by molar-refractivity contribution is -0.115. The Hall–Kier alpha value is -0.880. The molecule has 104 valence electrons. The topological polar surface area (TPSA) is 41.1 Å². The number of benzene rings is 1. The van der Waals surface area contributed by atoms with E-state index in [1.807, 2.05) is 30.6 Å². The van der Waals surface area contributed by atoms with E-state index in [1.165, 1.54) is 4.88 Å². The zero-order chi connectivity index (χ0) is 14.3. The average Bonchev–Trinajstić information content (AvgIpc) is 2.96. The van der Waals surface area contributed by atoms with Crippen LogP contribution in [0.25, 0.3) is 0 Å². The fourth-order valence-corrected chi connectivity index (χ4v) is 4.43. The molecular formula is C14H12BrClN2OS. The maximum Gasteiger partial charge on any atom is 0.228 e. The molecule has 2 heterocycles. The number of hydrogen-bond acceptors (Lipinski definition) is 3. The molecule has 1 aromatic carbocycles. The van der Waals surface area contributed by atoms with Gasteiger partial charge in [-0.25, -0.2) is 0 Å². The number of amides is 1. The van der Waals surface area contributed by atoms with Crippen LogP contribution in [-0.4, -0.2) is 13.0 Å². The van der Waals surface area contributed by atoms with Crippen LogP contribution in [0.5, 0.6) is 0 Å². The van der Waals surface area contributed by atoms with Crippen molar-refractivity contribution in [3.63, 3.8) is 0 Å². The number of carbonyl (C=O) groups is 1. The third-order valence-electron chi connectivity index (χ3n) is 3.35. The highest BCUT2D eigenvalue weighted by Gasteiger charge is 2.24. The molecule has 0 spiro atoms. The van der Waals surface area contributed by atoms with Crippen LogP contribution in [0.3, 0.4) is 0 Å². The van der Waals surface area contributed by atoms with Crippen molar-refractivity contribution in [3.8, 4) is 0 Å². The van der Waals surface area contributed by atoms with Crippen molar-refractivity contribution in [1.82, 2.24) is 5.32 Å². The summed E-state index contributed by atoms with van der Waals surface area (Å²) in [5.74, 6) is 0.0199. The van der Waals surface area contributed by atoms with Crippen molar-refractivity contribution < 1.29 is 4.79 Å². The van der Waals surface area contributed by atoms with E-state index in [0.717, 1.165) is 21.3 Å². The van der Waals surface area contributed by atoms with Crippen LogP contribution < -0.4 is 10.6 Å². The summed E-state index contributed by atoms with van der Waals surface area (Å²) in [5.41, 5.74) is 2.82. The lowest BCUT2D eigenvalue weighted by Crippen LogP contribution is -2.17. The molecule has 3 rings (SSSR count). The molecule has 0 saturated carbocycles. The van der Waals surface area contributed by atoms with Gasteiger partial charge < -0.3 is 10.6 Å². The quantitative estimate of drug-likeness (QED) is 0.857. The number of hydrogen-bond donors (Lipinski definition) is 2. The Bertz CT molecular complexity index is 686. The lowest BCUT2D eigenvalue weighted by Gasteiger charge is -2.18. The summed E-state index contributed by atoms with van der Waals surface area (Å²) in [6, 6.07) is 5.89. The summed E-state index contributed by atoms with van der Waals surface area (Å²) in [6.07, 6.45) is 0.418. The van der Waals surface area contributed by atoms with Crippen LogP contribution in [0.2, 0.25) is 5.02 Å². The van der Waals surface area contributed by atoms with Crippen LogP contribution >= 0.6 is 38.9 Å². The van der Waals surface area contributed by atoms with E-state index in [4.69, 9.17) is 11.6 Å². The van der Waals surface area contributed by atoms with E-state index >= 15 is 0 Å². The maximum atomic E-state index is 11.5. The summed E-state index contributed by atoms with van der Waals surface area (Å²) in [5, 5.41) is 8.81. The zero-order valence-corrected chi connectivity index (χ0v) is 13.8. The van der Waals surface area contributed by atoms with E-state index in [-0.39, 0.29) is 11.9 Å². The smallest absolute Gasteiger partial charge is 0.228 e. The van der Waals surface area contributed by atoms with Gasteiger partial charge in [0, 0.05) is 20.1 Å². The van der Waals surface area contributed by atoms with Crippen molar-refractivity contribution in [2.75, 3.05) is 12.4 Å². The SMILES string of the molecule is CNC(c1cc2c(cc1Cl)NC(=O)C2)c1sccc1Br. The largest absolute Gasteiger partial charge is 0.325 e. The van der Waals surface area contributed by atoms with Crippen LogP contribution in [-0.2, 0) is 11.2 Å². The standard InChI is InChI=1S/C14H12BrClN2OS/c1-17-13(14-9(15)2-3-20-14)8-4-7-5-12(19)18-11(7)6-10(8)16/h2-4,6,13,17H,5H2,1H3,(H,18,19). The maximum absolute atomic E-state index is 11.5. The molecule has 1 amide bonds. The van der Waals surface area contributed by atoms with E-state index in [2.05, 4.69) is 26.6 Å². The minimum absolute atomic E-state index is 0.0119. The third-order valence-corrected chi connectivity index (χ3v) is 5.62. The predicted molar refractivity (Wildman–Crippen MR) is 86.7 cm³/mol. The molecule has 1 atom stereocenters. The van der Waals surface area contributed by atoms with Crippen molar-refractivity contribution in [3.05, 3.63) is 49.1 Å². The highest BCUT2D eigenvalue weighted by molar-refractivity contribution is 9.10. The van der Waals surface area contributed by atoms with E-state index in [0.29, 0.717) is 11.4 Å². The van der Waals surface area contributed by atoms with Gasteiger partial charge >= 0.3 is 0 Å². The summed E-state index contributed by atoms with van der Waals surface area (Å²) in [4.78, 5) is 12.6. The molecule has 0 aliphatic carbocycles. The Morgan fingerprint density at radius 3 is 2.95 bits per heavy atom. The molecule has 6 heteroatoms. The van der Waals surface area contributed by atoms with Crippen LogP contribution in [0.15, 0.2) is 28.1 Å². The number of nitrogens with one attached hydrogen (secondary N) is 2. The number of fused-ring (bicyclic) bond motifs is 1. The normalized spacial score (nSPS) is 15.1. The minimum Gasteiger partial charge on any atom is -0.325 e. The van der Waals surface area contributed by atoms with Gasteiger partial charge in [0.1, 0.15) is 0 Å². The molecule has 20 heavy (non-hydrogen) atoms. The number of rotatable bonds is 3. The molecule has 1 aliphatic rings. The van der Waals surface area contributed by atoms with Gasteiger partial charge in [-0.15, -0.1) is 11.3 Å². The first kappa shape index (κ1) is 14.1. The number of halogens is 2. The first-order chi connectivity index (χ1) is 9.60. The third kappa shape index (κ3) is 2.39. The molecule has 1 unspecified atom stereocenters. The molecule has 0 radical (unpaired) electrons. The van der Waals surface area contributed by atoms with Gasteiger partial charge in [-0.05, 0) is 57.7 Å². The number of carbonyl (C=O) groups excluding carboxylic acids is 1. The summed E-state index contributed by atoms with van der Waals surface area (Å²) >= 11 is 11.6. The van der Waals surface area contributed by atoms with Gasteiger partial charge in [-0.2, -0.15) is 0 Å². The molecule has 0 bridgehead atoms. The van der Waals surface area contributed by atoms with Crippen LogP contribution in [0.1, 0.15) is 22.0 Å². The van der Waals surface area contributed by atoms with Crippen molar-refractivity contribution >= 4 is 50.5 Å². The van der Waals surface area contributed by atoms with Gasteiger partial charge in [-0.3, -0.25) is 4.79 Å². The second kappa shape index (κ2) is 5.48. The van der Waals surface area contributed by atoms with Crippen molar-refractivity contribution in [2.45, 2.75) is 12.5 Å². The Kier molecular flexibility index (Phi) is 3.86. The van der Waals surface area contributed by atoms with Crippen LogP contribution in [0.4, 0.5) is 5.69 Å². The monoisotopic (exact) mass is 370 g/mol. The Morgan fingerprint density at radius 2 is 2.30 bits per heavy atom. The fraction of sp³-hybridized carbons (Fsp3) is 0.214. The van der Waals surface area contributed by atoms with Gasteiger partial charge in [0.2, 0.25) is 5.91 Å². The molecule has 0 saturated heterocycles. The van der Waals surface area contributed by atoms with Crippen molar-refractivity contribution in [2.24, 2.45) is 0 Å². The minimum atomic E-state index is 0.0119. The van der Waals surface area contributed by atoms with Crippen LogP contribution in [0, 0.1) is 0 Å². The van der Waals surface area contributed by atoms with E-state index in [9.17, 15) is 4.79 Å². The van der Waals surface area contributed by atoms with Gasteiger partial charge in [0.25, 0.3) is 0 Å². The molecule has 2 N–H and O–H groups in total.